The van der Waals surface area contributed by atoms with Gasteiger partial charge in [-0.15, -0.1) is 0 Å². The molecule has 0 atom stereocenters. The number of hydrogen-bond donors (Lipinski definition) is 0. The molecule has 0 aliphatic heterocycles. The van der Waals surface area contributed by atoms with Crippen LogP contribution in [0.3, 0.4) is 0 Å². The van der Waals surface area contributed by atoms with E-state index >= 15 is 0 Å². The van der Waals surface area contributed by atoms with Gasteiger partial charge in [0.2, 0.25) is 0 Å². The van der Waals surface area contributed by atoms with Gasteiger partial charge in [0.1, 0.15) is 18.1 Å². The van der Waals surface area contributed by atoms with E-state index in [1.807, 2.05) is 12.1 Å². The van der Waals surface area contributed by atoms with E-state index in [1.54, 1.807) is 31.6 Å². The number of fused-ring (bicyclic) bond motifs is 1. The van der Waals surface area contributed by atoms with E-state index in [0.717, 1.165) is 10.9 Å². The van der Waals surface area contributed by atoms with E-state index in [-0.39, 0.29) is 0 Å². The summed E-state index contributed by atoms with van der Waals surface area (Å²) in [6, 6.07) is 7.37. The van der Waals surface area contributed by atoms with Crippen LogP contribution in [0.25, 0.3) is 10.9 Å². The fraction of sp³-hybridized carbons (Fsp3) is 0.133. The lowest BCUT2D eigenvalue weighted by atomic mass is 10.2. The third kappa shape index (κ3) is 2.87. The topological polar surface area (TPSA) is 57.1 Å². The quantitative estimate of drug-likeness (QED) is 0.692. The number of halogens is 1. The van der Waals surface area contributed by atoms with Crippen molar-refractivity contribution < 1.29 is 9.47 Å². The van der Waals surface area contributed by atoms with Crippen LogP contribution in [0.5, 0.6) is 11.5 Å². The molecule has 0 N–H and O–H groups in total. The summed E-state index contributed by atoms with van der Waals surface area (Å²) in [6.07, 6.45) is 4.90. The largest absolute Gasteiger partial charge is 0.493 e. The van der Waals surface area contributed by atoms with E-state index in [0.29, 0.717) is 28.8 Å². The van der Waals surface area contributed by atoms with Crippen LogP contribution < -0.4 is 9.47 Å². The highest BCUT2D eigenvalue weighted by Gasteiger charge is 2.10. The first kappa shape index (κ1) is 13.6. The Bertz CT molecular complexity index is 765. The third-order valence-corrected chi connectivity index (χ3v) is 3.29. The zero-order valence-corrected chi connectivity index (χ0v) is 12.0. The summed E-state index contributed by atoms with van der Waals surface area (Å²) < 4.78 is 11.1. The Morgan fingerprint density at radius 2 is 2.10 bits per heavy atom. The summed E-state index contributed by atoms with van der Waals surface area (Å²) in [7, 11) is 1.58. The molecule has 0 saturated heterocycles. The lowest BCUT2D eigenvalue weighted by Gasteiger charge is -2.12. The van der Waals surface area contributed by atoms with Gasteiger partial charge in [0.15, 0.2) is 11.5 Å². The van der Waals surface area contributed by atoms with E-state index < -0.39 is 0 Å². The zero-order chi connectivity index (χ0) is 14.7. The molecule has 6 heteroatoms. The lowest BCUT2D eigenvalue weighted by Crippen LogP contribution is -1.98. The first-order valence-corrected chi connectivity index (χ1v) is 6.65. The van der Waals surface area contributed by atoms with Crippen molar-refractivity contribution >= 4 is 22.5 Å². The van der Waals surface area contributed by atoms with Gasteiger partial charge < -0.3 is 9.47 Å². The second-order valence-corrected chi connectivity index (χ2v) is 4.69. The van der Waals surface area contributed by atoms with Gasteiger partial charge in [-0.3, -0.25) is 4.98 Å². The Kier molecular flexibility index (Phi) is 3.83. The predicted molar refractivity (Wildman–Crippen MR) is 79.7 cm³/mol. The zero-order valence-electron chi connectivity index (χ0n) is 11.3. The maximum atomic E-state index is 6.06. The number of pyridine rings is 1. The Balaban J connectivity index is 1.94. The Morgan fingerprint density at radius 3 is 2.86 bits per heavy atom. The first-order valence-electron chi connectivity index (χ1n) is 6.28. The molecular weight excluding hydrogens is 290 g/mol. The van der Waals surface area contributed by atoms with E-state index in [9.17, 15) is 0 Å². The summed E-state index contributed by atoms with van der Waals surface area (Å²) >= 11 is 6.06. The van der Waals surface area contributed by atoms with Crippen molar-refractivity contribution in [3.63, 3.8) is 0 Å². The van der Waals surface area contributed by atoms with Crippen molar-refractivity contribution in [1.82, 2.24) is 15.0 Å². The highest BCUT2D eigenvalue weighted by molar-refractivity contribution is 6.34. The monoisotopic (exact) mass is 301 g/mol. The van der Waals surface area contributed by atoms with Crippen LogP contribution in [-0.2, 0) is 6.61 Å². The molecule has 21 heavy (non-hydrogen) atoms. The van der Waals surface area contributed by atoms with Gasteiger partial charge in [-0.1, -0.05) is 17.7 Å². The molecule has 2 aromatic heterocycles. The molecule has 106 valence electrons. The van der Waals surface area contributed by atoms with Crippen molar-refractivity contribution in [2.75, 3.05) is 7.11 Å². The predicted octanol–water partition coefficient (Wildman–Crippen LogP) is 3.27. The molecule has 2 heterocycles. The number of ether oxygens (including phenoxy) is 2. The van der Waals surface area contributed by atoms with Crippen molar-refractivity contribution in [2.45, 2.75) is 6.61 Å². The van der Waals surface area contributed by atoms with Crippen molar-refractivity contribution in [3.8, 4) is 11.5 Å². The molecule has 0 spiro atoms. The molecule has 3 aromatic rings. The molecule has 0 fully saturated rings. The smallest absolute Gasteiger partial charge is 0.163 e. The van der Waals surface area contributed by atoms with Gasteiger partial charge in [0.05, 0.1) is 12.6 Å². The van der Waals surface area contributed by atoms with Crippen molar-refractivity contribution in [1.29, 1.82) is 0 Å². The number of hydrogen-bond acceptors (Lipinski definition) is 5. The molecule has 0 aliphatic rings. The van der Waals surface area contributed by atoms with Crippen molar-refractivity contribution in [2.24, 2.45) is 0 Å². The summed E-state index contributed by atoms with van der Waals surface area (Å²) in [5.74, 6) is 1.19. The van der Waals surface area contributed by atoms with Crippen LogP contribution in [0.1, 0.15) is 5.56 Å². The van der Waals surface area contributed by atoms with Crippen LogP contribution >= 0.6 is 11.6 Å². The second kappa shape index (κ2) is 5.93. The fourth-order valence-corrected chi connectivity index (χ4v) is 2.14. The molecule has 0 amide bonds. The SMILES string of the molecule is COc1cc2c(Cl)ncnc2cc1OCc1cccnc1. The highest BCUT2D eigenvalue weighted by Crippen LogP contribution is 2.34. The van der Waals surface area contributed by atoms with Crippen LogP contribution in [0.4, 0.5) is 0 Å². The van der Waals surface area contributed by atoms with E-state index in [4.69, 9.17) is 21.1 Å². The first-order chi connectivity index (χ1) is 10.3. The number of aromatic nitrogens is 3. The maximum Gasteiger partial charge on any atom is 0.163 e. The van der Waals surface area contributed by atoms with Gasteiger partial charge in [-0.25, -0.2) is 9.97 Å². The fourth-order valence-electron chi connectivity index (χ4n) is 1.95. The Hall–Kier alpha value is -2.40. The third-order valence-electron chi connectivity index (χ3n) is 2.99. The molecule has 0 bridgehead atoms. The minimum absolute atomic E-state index is 0.386. The summed E-state index contributed by atoms with van der Waals surface area (Å²) in [5, 5.41) is 1.11. The average Bonchev–Trinajstić information content (AvgIpc) is 2.53. The van der Waals surface area contributed by atoms with Gasteiger partial charge in [0, 0.05) is 29.4 Å². The molecule has 0 saturated carbocycles. The summed E-state index contributed by atoms with van der Waals surface area (Å²) in [6.45, 7) is 0.397. The van der Waals surface area contributed by atoms with Gasteiger partial charge in [0.25, 0.3) is 0 Å². The molecule has 5 nitrogen and oxygen atoms in total. The second-order valence-electron chi connectivity index (χ2n) is 4.33. The normalized spacial score (nSPS) is 10.6. The number of nitrogens with zero attached hydrogens (tertiary/aromatic N) is 3. The maximum absolute atomic E-state index is 6.06. The lowest BCUT2D eigenvalue weighted by molar-refractivity contribution is 0.284. The molecule has 0 radical (unpaired) electrons. The van der Waals surface area contributed by atoms with Gasteiger partial charge in [-0.05, 0) is 12.1 Å². The number of benzene rings is 1. The number of methoxy groups -OCH3 is 1. The van der Waals surface area contributed by atoms with Crippen LogP contribution in [0.2, 0.25) is 5.15 Å². The molecular formula is C15H12ClN3O2. The standard InChI is InChI=1S/C15H12ClN3O2/c1-20-13-5-11-12(18-9-19-15(11)16)6-14(13)21-8-10-3-2-4-17-7-10/h2-7,9H,8H2,1H3. The van der Waals surface area contributed by atoms with Crippen LogP contribution in [0, 0.1) is 0 Å². The minimum atomic E-state index is 0.386. The summed E-state index contributed by atoms with van der Waals surface area (Å²) in [4.78, 5) is 12.2. The molecule has 0 aliphatic carbocycles. The average molecular weight is 302 g/mol. The van der Waals surface area contributed by atoms with E-state index in [1.165, 1.54) is 6.33 Å². The van der Waals surface area contributed by atoms with Crippen LogP contribution in [0.15, 0.2) is 43.0 Å². The van der Waals surface area contributed by atoms with Gasteiger partial charge in [-0.2, -0.15) is 0 Å². The van der Waals surface area contributed by atoms with Crippen molar-refractivity contribution in [3.05, 3.63) is 53.7 Å². The molecule has 1 aromatic carbocycles. The Morgan fingerprint density at radius 1 is 1.19 bits per heavy atom. The summed E-state index contributed by atoms with van der Waals surface area (Å²) in [5.41, 5.74) is 1.68. The minimum Gasteiger partial charge on any atom is -0.493 e. The molecule has 3 rings (SSSR count). The highest BCUT2D eigenvalue weighted by atomic mass is 35.5. The Labute approximate surface area is 126 Å². The van der Waals surface area contributed by atoms with E-state index in [2.05, 4.69) is 15.0 Å². The number of rotatable bonds is 4. The molecule has 0 unspecified atom stereocenters. The van der Waals surface area contributed by atoms with Crippen LogP contribution in [-0.4, -0.2) is 22.1 Å². The van der Waals surface area contributed by atoms with Gasteiger partial charge >= 0.3 is 0 Å².